The van der Waals surface area contributed by atoms with Gasteiger partial charge in [0.05, 0.1) is 23.8 Å². The first-order chi connectivity index (χ1) is 10.8. The summed E-state index contributed by atoms with van der Waals surface area (Å²) in [6, 6.07) is 13.0. The van der Waals surface area contributed by atoms with E-state index in [1.807, 2.05) is 0 Å². The molecule has 1 aliphatic heterocycles. The van der Waals surface area contributed by atoms with Crippen LogP contribution in [0.5, 0.6) is 0 Å². The maximum atomic E-state index is 5.49. The van der Waals surface area contributed by atoms with Gasteiger partial charge in [0.1, 0.15) is 5.82 Å². The Labute approximate surface area is 134 Å². The Kier molecular flexibility index (Phi) is 3.56. The maximum absolute atomic E-state index is 5.49. The highest BCUT2D eigenvalue weighted by Crippen LogP contribution is 2.32. The standard InChI is InChI=1S/C18H18N2OS/c1-13-4-5-15-14(11-13)12-16(17-3-2-10-22-17)19-18(15)20-6-8-21-9-7-20/h2-5,10-12H,6-9H2,1H3. The molecule has 4 rings (SSSR count). The zero-order valence-electron chi connectivity index (χ0n) is 12.6. The molecule has 0 spiro atoms. The average Bonchev–Trinajstić information content (AvgIpc) is 3.09. The number of hydrogen-bond donors (Lipinski definition) is 0. The summed E-state index contributed by atoms with van der Waals surface area (Å²) in [6.45, 7) is 5.50. The van der Waals surface area contributed by atoms with E-state index >= 15 is 0 Å². The van der Waals surface area contributed by atoms with Crippen molar-refractivity contribution in [2.75, 3.05) is 31.2 Å². The first-order valence-electron chi connectivity index (χ1n) is 7.59. The number of ether oxygens (including phenoxy) is 1. The van der Waals surface area contributed by atoms with Crippen molar-refractivity contribution >= 4 is 27.9 Å². The van der Waals surface area contributed by atoms with Crippen LogP contribution in [0.3, 0.4) is 0 Å². The molecule has 3 heterocycles. The van der Waals surface area contributed by atoms with Gasteiger partial charge in [-0.3, -0.25) is 0 Å². The average molecular weight is 310 g/mol. The lowest BCUT2D eigenvalue weighted by atomic mass is 10.1. The van der Waals surface area contributed by atoms with Crippen LogP contribution in [0.1, 0.15) is 5.56 Å². The van der Waals surface area contributed by atoms with Crippen molar-refractivity contribution < 1.29 is 4.74 Å². The van der Waals surface area contributed by atoms with Crippen LogP contribution in [0.2, 0.25) is 0 Å². The lowest BCUT2D eigenvalue weighted by Crippen LogP contribution is -2.36. The first kappa shape index (κ1) is 13.7. The van der Waals surface area contributed by atoms with E-state index in [1.165, 1.54) is 21.2 Å². The number of rotatable bonds is 2. The number of benzene rings is 1. The monoisotopic (exact) mass is 310 g/mol. The van der Waals surface area contributed by atoms with Gasteiger partial charge in [-0.1, -0.05) is 29.8 Å². The molecule has 3 aromatic rings. The van der Waals surface area contributed by atoms with Crippen LogP contribution in [0.4, 0.5) is 5.82 Å². The second-order valence-corrected chi connectivity index (χ2v) is 6.58. The fourth-order valence-corrected chi connectivity index (χ4v) is 3.61. The zero-order chi connectivity index (χ0) is 14.9. The molecule has 1 aromatic carbocycles. The predicted octanol–water partition coefficient (Wildman–Crippen LogP) is 4.11. The van der Waals surface area contributed by atoms with Crippen LogP contribution in [0.15, 0.2) is 41.8 Å². The molecule has 2 aromatic heterocycles. The minimum absolute atomic E-state index is 0.776. The zero-order valence-corrected chi connectivity index (χ0v) is 13.4. The molecule has 1 saturated heterocycles. The van der Waals surface area contributed by atoms with Crippen molar-refractivity contribution in [3.8, 4) is 10.6 Å². The summed E-state index contributed by atoms with van der Waals surface area (Å²) >= 11 is 1.74. The van der Waals surface area contributed by atoms with E-state index in [0.29, 0.717) is 0 Å². The van der Waals surface area contributed by atoms with Gasteiger partial charge in [-0.05, 0) is 29.8 Å². The normalized spacial score (nSPS) is 15.4. The van der Waals surface area contributed by atoms with Crippen LogP contribution in [0.25, 0.3) is 21.3 Å². The molecule has 0 N–H and O–H groups in total. The molecule has 22 heavy (non-hydrogen) atoms. The van der Waals surface area contributed by atoms with E-state index in [1.54, 1.807) is 11.3 Å². The van der Waals surface area contributed by atoms with Gasteiger partial charge < -0.3 is 9.64 Å². The van der Waals surface area contributed by atoms with Crippen molar-refractivity contribution in [3.05, 3.63) is 47.3 Å². The minimum atomic E-state index is 0.776. The Balaban J connectivity index is 1.91. The fraction of sp³-hybridized carbons (Fsp3) is 0.278. The third kappa shape index (κ3) is 2.49. The molecule has 0 aliphatic carbocycles. The van der Waals surface area contributed by atoms with Gasteiger partial charge in [0, 0.05) is 18.5 Å². The molecule has 4 heteroatoms. The van der Waals surface area contributed by atoms with Crippen LogP contribution < -0.4 is 4.90 Å². The molecule has 0 bridgehead atoms. The Morgan fingerprint density at radius 1 is 1.14 bits per heavy atom. The van der Waals surface area contributed by atoms with Crippen molar-refractivity contribution in [1.29, 1.82) is 0 Å². The van der Waals surface area contributed by atoms with Gasteiger partial charge in [0.25, 0.3) is 0 Å². The number of aromatic nitrogens is 1. The van der Waals surface area contributed by atoms with Gasteiger partial charge in [-0.2, -0.15) is 0 Å². The smallest absolute Gasteiger partial charge is 0.137 e. The summed E-state index contributed by atoms with van der Waals surface area (Å²) in [5, 5.41) is 4.60. The maximum Gasteiger partial charge on any atom is 0.137 e. The summed E-state index contributed by atoms with van der Waals surface area (Å²) in [7, 11) is 0. The van der Waals surface area contributed by atoms with Gasteiger partial charge in [-0.15, -0.1) is 11.3 Å². The van der Waals surface area contributed by atoms with Crippen LogP contribution in [-0.4, -0.2) is 31.3 Å². The summed E-state index contributed by atoms with van der Waals surface area (Å²) in [5.41, 5.74) is 2.35. The Morgan fingerprint density at radius 2 is 2.00 bits per heavy atom. The highest BCUT2D eigenvalue weighted by molar-refractivity contribution is 7.13. The molecule has 1 aliphatic rings. The number of anilines is 1. The van der Waals surface area contributed by atoms with Crippen molar-refractivity contribution in [3.63, 3.8) is 0 Å². The van der Waals surface area contributed by atoms with Gasteiger partial charge in [-0.25, -0.2) is 4.98 Å². The number of thiophene rings is 1. The van der Waals surface area contributed by atoms with Crippen molar-refractivity contribution in [2.45, 2.75) is 6.92 Å². The molecule has 0 atom stereocenters. The highest BCUT2D eigenvalue weighted by Gasteiger charge is 2.17. The first-order valence-corrected chi connectivity index (χ1v) is 8.47. The number of pyridine rings is 1. The third-order valence-electron chi connectivity index (χ3n) is 4.05. The van der Waals surface area contributed by atoms with Crippen LogP contribution >= 0.6 is 11.3 Å². The largest absolute Gasteiger partial charge is 0.378 e. The Hall–Kier alpha value is -1.91. The van der Waals surface area contributed by atoms with Crippen molar-refractivity contribution in [2.24, 2.45) is 0 Å². The Bertz CT molecular complexity index is 792. The molecule has 3 nitrogen and oxygen atoms in total. The minimum Gasteiger partial charge on any atom is -0.378 e. The van der Waals surface area contributed by atoms with Gasteiger partial charge in [0.15, 0.2) is 0 Å². The lowest BCUT2D eigenvalue weighted by molar-refractivity contribution is 0.122. The van der Waals surface area contributed by atoms with Crippen LogP contribution in [-0.2, 0) is 4.74 Å². The second-order valence-electron chi connectivity index (χ2n) is 5.63. The van der Waals surface area contributed by atoms with E-state index in [-0.39, 0.29) is 0 Å². The number of morpholine rings is 1. The van der Waals surface area contributed by atoms with E-state index < -0.39 is 0 Å². The molecular formula is C18H18N2OS. The molecule has 0 unspecified atom stereocenters. The molecule has 0 amide bonds. The number of hydrogen-bond acceptors (Lipinski definition) is 4. The number of nitrogens with zero attached hydrogens (tertiary/aromatic N) is 2. The van der Waals surface area contributed by atoms with Crippen LogP contribution in [0, 0.1) is 6.92 Å². The summed E-state index contributed by atoms with van der Waals surface area (Å²) in [5.74, 6) is 1.09. The molecular weight excluding hydrogens is 292 g/mol. The Morgan fingerprint density at radius 3 is 2.77 bits per heavy atom. The predicted molar refractivity (Wildman–Crippen MR) is 92.8 cm³/mol. The van der Waals surface area contributed by atoms with E-state index in [4.69, 9.17) is 9.72 Å². The quantitative estimate of drug-likeness (QED) is 0.712. The third-order valence-corrected chi connectivity index (χ3v) is 4.94. The molecule has 1 fully saturated rings. The van der Waals surface area contributed by atoms with E-state index in [0.717, 1.165) is 37.8 Å². The summed E-state index contributed by atoms with van der Waals surface area (Å²) in [6.07, 6.45) is 0. The van der Waals surface area contributed by atoms with E-state index in [2.05, 4.69) is 53.6 Å². The summed E-state index contributed by atoms with van der Waals surface area (Å²) in [4.78, 5) is 8.54. The molecule has 0 saturated carbocycles. The van der Waals surface area contributed by atoms with Crippen molar-refractivity contribution in [1.82, 2.24) is 4.98 Å². The fourth-order valence-electron chi connectivity index (χ4n) is 2.93. The SMILES string of the molecule is Cc1ccc2c(N3CCOCC3)nc(-c3cccs3)cc2c1. The van der Waals surface area contributed by atoms with E-state index in [9.17, 15) is 0 Å². The highest BCUT2D eigenvalue weighted by atomic mass is 32.1. The molecule has 112 valence electrons. The van der Waals surface area contributed by atoms with Gasteiger partial charge >= 0.3 is 0 Å². The number of aryl methyl sites for hydroxylation is 1. The second kappa shape index (κ2) is 5.71. The molecule has 0 radical (unpaired) electrons. The topological polar surface area (TPSA) is 25.4 Å². The number of fused-ring (bicyclic) bond motifs is 1. The lowest BCUT2D eigenvalue weighted by Gasteiger charge is -2.29. The van der Waals surface area contributed by atoms with Gasteiger partial charge in [0.2, 0.25) is 0 Å². The summed E-state index contributed by atoms with van der Waals surface area (Å²) < 4.78 is 5.49.